The first-order valence-corrected chi connectivity index (χ1v) is 16.4. The number of hydrogen-bond donors (Lipinski definition) is 0. The second-order valence-corrected chi connectivity index (χ2v) is 12.9. The second-order valence-electron chi connectivity index (χ2n) is 11.5. The maximum Gasteiger partial charge on any atom is 0.271 e. The molecule has 5 aromatic carbocycles. The van der Waals surface area contributed by atoms with Crippen LogP contribution in [0.4, 0.5) is 0 Å². The van der Waals surface area contributed by atoms with Gasteiger partial charge in [-0.25, -0.2) is 4.99 Å². The van der Waals surface area contributed by atoms with E-state index in [0.29, 0.717) is 32.5 Å². The van der Waals surface area contributed by atoms with E-state index in [4.69, 9.17) is 26.1 Å². The highest BCUT2D eigenvalue weighted by Gasteiger charge is 2.32. The monoisotopic (exact) mass is 640 g/mol. The molecule has 0 saturated heterocycles. The molecule has 1 aliphatic carbocycles. The highest BCUT2D eigenvalue weighted by atomic mass is 35.5. The number of fused-ring (bicyclic) bond motifs is 4. The summed E-state index contributed by atoms with van der Waals surface area (Å²) in [6.07, 6.45) is 3.66. The Balaban J connectivity index is 1.18. The van der Waals surface area contributed by atoms with E-state index in [-0.39, 0.29) is 11.6 Å². The van der Waals surface area contributed by atoms with Gasteiger partial charge in [-0.3, -0.25) is 9.36 Å². The van der Waals surface area contributed by atoms with E-state index in [0.717, 1.165) is 51.8 Å². The van der Waals surface area contributed by atoms with Crippen LogP contribution in [0.25, 0.3) is 22.5 Å². The fourth-order valence-electron chi connectivity index (χ4n) is 6.59. The van der Waals surface area contributed by atoms with Crippen LogP contribution in [0, 0.1) is 0 Å². The van der Waals surface area contributed by atoms with E-state index in [2.05, 4.69) is 48.5 Å². The summed E-state index contributed by atoms with van der Waals surface area (Å²) in [5, 5.41) is 3.01. The molecule has 0 saturated carbocycles. The van der Waals surface area contributed by atoms with Gasteiger partial charge in [-0.2, -0.15) is 0 Å². The average molecular weight is 641 g/mol. The van der Waals surface area contributed by atoms with Crippen LogP contribution in [0.1, 0.15) is 40.3 Å². The maximum atomic E-state index is 14.2. The first-order valence-electron chi connectivity index (χ1n) is 15.2. The Hall–Kier alpha value is -4.91. The van der Waals surface area contributed by atoms with Crippen LogP contribution in [-0.4, -0.2) is 11.7 Å². The number of nitrogens with zero attached hydrogens (tertiary/aromatic N) is 2. The Morgan fingerprint density at radius 2 is 1.72 bits per heavy atom. The zero-order valence-electron chi connectivity index (χ0n) is 25.1. The van der Waals surface area contributed by atoms with Gasteiger partial charge < -0.3 is 9.47 Å². The molecule has 226 valence electrons. The molecule has 1 aromatic heterocycles. The quantitative estimate of drug-likeness (QED) is 0.187. The van der Waals surface area contributed by atoms with Crippen molar-refractivity contribution in [3.63, 3.8) is 0 Å². The molecule has 46 heavy (non-hydrogen) atoms. The topological polar surface area (TPSA) is 52.8 Å². The van der Waals surface area contributed by atoms with Crippen LogP contribution in [-0.2, 0) is 13.0 Å². The third kappa shape index (κ3) is 5.04. The van der Waals surface area contributed by atoms with Gasteiger partial charge in [0.1, 0.15) is 6.61 Å². The number of rotatable bonds is 6. The van der Waals surface area contributed by atoms with E-state index in [1.165, 1.54) is 22.3 Å². The van der Waals surface area contributed by atoms with Gasteiger partial charge in [0.2, 0.25) is 0 Å². The molecule has 8 rings (SSSR count). The minimum Gasteiger partial charge on any atom is -0.493 e. The molecule has 2 heterocycles. The molecule has 0 bridgehead atoms. The number of allylic oxidation sites excluding steroid dienone is 1. The highest BCUT2D eigenvalue weighted by molar-refractivity contribution is 7.07. The number of aromatic nitrogens is 1. The van der Waals surface area contributed by atoms with Crippen molar-refractivity contribution < 1.29 is 9.47 Å². The molecule has 0 spiro atoms. The average Bonchev–Trinajstić information content (AvgIpc) is 3.40. The van der Waals surface area contributed by atoms with Crippen LogP contribution in [0.5, 0.6) is 11.5 Å². The van der Waals surface area contributed by atoms with E-state index in [1.807, 2.05) is 71.3 Å². The smallest absolute Gasteiger partial charge is 0.271 e. The molecule has 0 radical (unpaired) electrons. The van der Waals surface area contributed by atoms with Crippen molar-refractivity contribution in [1.29, 1.82) is 0 Å². The molecule has 0 amide bonds. The summed E-state index contributed by atoms with van der Waals surface area (Å²) in [4.78, 5) is 20.0. The predicted octanol–water partition coefficient (Wildman–Crippen LogP) is 7.71. The Morgan fingerprint density at radius 1 is 0.913 bits per heavy atom. The van der Waals surface area contributed by atoms with E-state index < -0.39 is 0 Å². The van der Waals surface area contributed by atoms with Crippen molar-refractivity contribution in [2.45, 2.75) is 25.5 Å². The van der Waals surface area contributed by atoms with E-state index in [9.17, 15) is 4.79 Å². The van der Waals surface area contributed by atoms with Crippen LogP contribution < -0.4 is 24.4 Å². The molecule has 0 N–H and O–H groups in total. The summed E-state index contributed by atoms with van der Waals surface area (Å²) in [5.41, 5.74) is 7.47. The maximum absolute atomic E-state index is 14.2. The van der Waals surface area contributed by atoms with Crippen LogP contribution in [0.2, 0.25) is 5.02 Å². The van der Waals surface area contributed by atoms with Crippen molar-refractivity contribution in [2.24, 2.45) is 4.99 Å². The van der Waals surface area contributed by atoms with Crippen molar-refractivity contribution in [3.05, 3.63) is 167 Å². The zero-order valence-corrected chi connectivity index (χ0v) is 26.6. The molecule has 1 atom stereocenters. The van der Waals surface area contributed by atoms with Crippen LogP contribution >= 0.6 is 22.9 Å². The fraction of sp³-hybridized carbons (Fsp3) is 0.128. The largest absolute Gasteiger partial charge is 0.493 e. The predicted molar refractivity (Wildman–Crippen MR) is 185 cm³/mol. The van der Waals surface area contributed by atoms with Crippen molar-refractivity contribution >= 4 is 45.5 Å². The lowest BCUT2D eigenvalue weighted by molar-refractivity contribution is 0.285. The molecule has 0 fully saturated rings. The lowest BCUT2D eigenvalue weighted by atomic mass is 9.83. The number of ether oxygens (including phenoxy) is 2. The standard InChI is InChI=1S/C39H29ClN2O3S/c1-44-34-21-24(13-20-33(34)45-23-28-10-6-9-25-7-2-4-11-30(25)28)22-35-38(43)42-37(27-14-17-29(40)18-15-27)32-19-16-26-8-3-5-12-31(26)36(32)41-39(42)46-35/h2-15,17-18,20-22,37H,16,19,23H2,1H3/b35-22+/t37-/m1/s1. The van der Waals surface area contributed by atoms with E-state index >= 15 is 0 Å². The minimum absolute atomic E-state index is 0.0654. The third-order valence-electron chi connectivity index (χ3n) is 8.81. The van der Waals surface area contributed by atoms with Gasteiger partial charge in [-0.1, -0.05) is 108 Å². The van der Waals surface area contributed by atoms with Gasteiger partial charge in [-0.15, -0.1) is 0 Å². The minimum atomic E-state index is -0.251. The summed E-state index contributed by atoms with van der Waals surface area (Å²) < 4.78 is 14.4. The number of hydrogen-bond acceptors (Lipinski definition) is 5. The molecule has 1 aliphatic heterocycles. The summed E-state index contributed by atoms with van der Waals surface area (Å²) >= 11 is 7.68. The summed E-state index contributed by atoms with van der Waals surface area (Å²) in [6.45, 7) is 0.411. The molecule has 0 unspecified atom stereocenters. The van der Waals surface area contributed by atoms with Gasteiger partial charge in [0.15, 0.2) is 16.3 Å². The molecule has 5 nitrogen and oxygen atoms in total. The van der Waals surface area contributed by atoms with Gasteiger partial charge in [0.05, 0.1) is 23.4 Å². The van der Waals surface area contributed by atoms with Gasteiger partial charge in [0, 0.05) is 10.6 Å². The second kappa shape index (κ2) is 11.8. The van der Waals surface area contributed by atoms with Crippen molar-refractivity contribution in [1.82, 2.24) is 4.57 Å². The normalized spacial score (nSPS) is 15.6. The first-order chi connectivity index (χ1) is 22.6. The van der Waals surface area contributed by atoms with Crippen molar-refractivity contribution in [3.8, 4) is 11.5 Å². The first kappa shape index (κ1) is 28.6. The number of methoxy groups -OCH3 is 1. The SMILES string of the molecule is COc1cc(/C=c2/sc3n(c2=O)[C@H](c2ccc(Cl)cc2)C2=C(N=3)c3ccccc3CC2)ccc1OCc1cccc2ccccc12. The molecule has 6 aromatic rings. The van der Waals surface area contributed by atoms with E-state index in [1.54, 1.807) is 7.11 Å². The Kier molecular flexibility index (Phi) is 7.32. The van der Waals surface area contributed by atoms with Crippen molar-refractivity contribution in [2.75, 3.05) is 7.11 Å². The summed E-state index contributed by atoms with van der Waals surface area (Å²) in [5.74, 6) is 1.25. The Labute approximate surface area is 275 Å². The number of aryl methyl sites for hydroxylation is 1. The van der Waals surface area contributed by atoms with Gasteiger partial charge in [-0.05, 0) is 81.8 Å². The van der Waals surface area contributed by atoms with Gasteiger partial charge in [0.25, 0.3) is 5.56 Å². The Morgan fingerprint density at radius 3 is 2.59 bits per heavy atom. The fourth-order valence-corrected chi connectivity index (χ4v) is 7.71. The summed E-state index contributed by atoms with van der Waals surface area (Å²) in [6, 6.07) is 36.3. The lowest BCUT2D eigenvalue weighted by Crippen LogP contribution is -2.38. The Bertz CT molecular complexity index is 2350. The highest BCUT2D eigenvalue weighted by Crippen LogP contribution is 2.41. The number of benzene rings is 5. The van der Waals surface area contributed by atoms with Crippen LogP contribution in [0.3, 0.4) is 0 Å². The lowest BCUT2D eigenvalue weighted by Gasteiger charge is -2.30. The molecular weight excluding hydrogens is 612 g/mol. The summed E-state index contributed by atoms with van der Waals surface area (Å²) in [7, 11) is 1.63. The molecule has 7 heteroatoms. The third-order valence-corrected chi connectivity index (χ3v) is 10.0. The molecule has 2 aliphatic rings. The molecular formula is C39H29ClN2O3S. The zero-order chi connectivity index (χ0) is 31.2. The van der Waals surface area contributed by atoms with Gasteiger partial charge >= 0.3 is 0 Å². The number of halogens is 1. The number of thiazole rings is 1. The van der Waals surface area contributed by atoms with Crippen LogP contribution in [0.15, 0.2) is 125 Å².